The van der Waals surface area contributed by atoms with E-state index in [1.54, 1.807) is 31.2 Å². The third kappa shape index (κ3) is 4.10. The summed E-state index contributed by atoms with van der Waals surface area (Å²) in [6, 6.07) is 10.7. The molecule has 0 fully saturated rings. The van der Waals surface area contributed by atoms with Crippen LogP contribution in [0.5, 0.6) is 5.75 Å². The SMILES string of the molecule is COc1ccccc1NC(=O)C(C)OC(=O)c1cc(F)ccc1C. The normalized spacial score (nSPS) is 11.5. The van der Waals surface area contributed by atoms with Crippen LogP contribution in [-0.4, -0.2) is 25.1 Å². The first-order chi connectivity index (χ1) is 11.4. The highest BCUT2D eigenvalue weighted by atomic mass is 19.1. The number of hydrogen-bond donors (Lipinski definition) is 1. The average molecular weight is 331 g/mol. The molecule has 24 heavy (non-hydrogen) atoms. The number of para-hydroxylation sites is 2. The standard InChI is InChI=1S/C18H18FNO4/c1-11-8-9-13(19)10-14(11)18(22)24-12(2)17(21)20-15-6-4-5-7-16(15)23-3/h4-10,12H,1-3H3,(H,20,21). The molecular formula is C18H18FNO4. The molecule has 2 aromatic rings. The van der Waals surface area contributed by atoms with Crippen molar-refractivity contribution < 1.29 is 23.5 Å². The van der Waals surface area contributed by atoms with Gasteiger partial charge in [0.15, 0.2) is 6.10 Å². The van der Waals surface area contributed by atoms with Gasteiger partial charge in [-0.15, -0.1) is 0 Å². The largest absolute Gasteiger partial charge is 0.495 e. The molecule has 0 spiro atoms. The molecule has 1 amide bonds. The Morgan fingerprint density at radius 1 is 1.17 bits per heavy atom. The minimum atomic E-state index is -1.05. The summed E-state index contributed by atoms with van der Waals surface area (Å²) in [5.41, 5.74) is 1.13. The molecule has 0 heterocycles. The van der Waals surface area contributed by atoms with Crippen molar-refractivity contribution in [3.8, 4) is 5.75 Å². The number of carbonyl (C=O) groups excluding carboxylic acids is 2. The average Bonchev–Trinajstić information content (AvgIpc) is 2.57. The van der Waals surface area contributed by atoms with Gasteiger partial charge < -0.3 is 14.8 Å². The van der Waals surface area contributed by atoms with Gasteiger partial charge in [-0.05, 0) is 43.7 Å². The first kappa shape index (κ1) is 17.5. The van der Waals surface area contributed by atoms with E-state index in [-0.39, 0.29) is 5.56 Å². The molecule has 0 aromatic heterocycles. The van der Waals surface area contributed by atoms with Crippen LogP contribution in [-0.2, 0) is 9.53 Å². The number of benzene rings is 2. The first-order valence-corrected chi connectivity index (χ1v) is 7.33. The molecule has 0 aliphatic heterocycles. The third-order valence-corrected chi connectivity index (χ3v) is 3.44. The van der Waals surface area contributed by atoms with E-state index < -0.39 is 23.8 Å². The molecule has 0 saturated heterocycles. The van der Waals surface area contributed by atoms with Crippen molar-refractivity contribution in [2.24, 2.45) is 0 Å². The fourth-order valence-corrected chi connectivity index (χ4v) is 2.07. The molecule has 1 atom stereocenters. The third-order valence-electron chi connectivity index (χ3n) is 3.44. The summed E-state index contributed by atoms with van der Waals surface area (Å²) in [5.74, 6) is -1.32. The van der Waals surface area contributed by atoms with Gasteiger partial charge in [0.2, 0.25) is 0 Å². The number of ether oxygens (including phenoxy) is 2. The van der Waals surface area contributed by atoms with Crippen molar-refractivity contribution in [2.75, 3.05) is 12.4 Å². The lowest BCUT2D eigenvalue weighted by Gasteiger charge is -2.15. The summed E-state index contributed by atoms with van der Waals surface area (Å²) in [6.45, 7) is 3.10. The van der Waals surface area contributed by atoms with Crippen LogP contribution in [0.3, 0.4) is 0 Å². The molecule has 0 radical (unpaired) electrons. The molecule has 2 rings (SSSR count). The smallest absolute Gasteiger partial charge is 0.339 e. The van der Waals surface area contributed by atoms with Crippen LogP contribution in [0.4, 0.5) is 10.1 Å². The Labute approximate surface area is 139 Å². The predicted molar refractivity (Wildman–Crippen MR) is 87.6 cm³/mol. The number of amides is 1. The fraction of sp³-hybridized carbons (Fsp3) is 0.222. The van der Waals surface area contributed by atoms with Gasteiger partial charge in [-0.1, -0.05) is 18.2 Å². The van der Waals surface area contributed by atoms with E-state index in [0.717, 1.165) is 6.07 Å². The number of anilines is 1. The van der Waals surface area contributed by atoms with E-state index in [2.05, 4.69) is 5.32 Å². The lowest BCUT2D eigenvalue weighted by molar-refractivity contribution is -0.123. The monoisotopic (exact) mass is 331 g/mol. The number of nitrogens with one attached hydrogen (secondary N) is 1. The van der Waals surface area contributed by atoms with E-state index in [9.17, 15) is 14.0 Å². The van der Waals surface area contributed by atoms with E-state index >= 15 is 0 Å². The highest BCUT2D eigenvalue weighted by molar-refractivity contribution is 5.98. The minimum absolute atomic E-state index is 0.0898. The van der Waals surface area contributed by atoms with Crippen molar-refractivity contribution in [3.63, 3.8) is 0 Å². The zero-order valence-corrected chi connectivity index (χ0v) is 13.6. The zero-order valence-electron chi connectivity index (χ0n) is 13.6. The number of aryl methyl sites for hydroxylation is 1. The van der Waals surface area contributed by atoms with Gasteiger partial charge in [-0.2, -0.15) is 0 Å². The fourth-order valence-electron chi connectivity index (χ4n) is 2.07. The summed E-state index contributed by atoms with van der Waals surface area (Å²) in [6.07, 6.45) is -1.05. The van der Waals surface area contributed by atoms with Gasteiger partial charge in [0.05, 0.1) is 18.4 Å². The van der Waals surface area contributed by atoms with Crippen LogP contribution >= 0.6 is 0 Å². The van der Waals surface area contributed by atoms with Crippen molar-refractivity contribution in [2.45, 2.75) is 20.0 Å². The van der Waals surface area contributed by atoms with Crippen molar-refractivity contribution in [1.82, 2.24) is 0 Å². The maximum Gasteiger partial charge on any atom is 0.339 e. The van der Waals surface area contributed by atoms with Crippen LogP contribution in [0.15, 0.2) is 42.5 Å². The number of halogens is 1. The molecule has 2 aromatic carbocycles. The summed E-state index contributed by atoms with van der Waals surface area (Å²) < 4.78 is 23.5. The number of carbonyl (C=O) groups is 2. The Bertz CT molecular complexity index is 760. The number of methoxy groups -OCH3 is 1. The summed E-state index contributed by atoms with van der Waals surface area (Å²) >= 11 is 0. The van der Waals surface area contributed by atoms with Crippen molar-refractivity contribution in [3.05, 3.63) is 59.4 Å². The Morgan fingerprint density at radius 2 is 1.88 bits per heavy atom. The minimum Gasteiger partial charge on any atom is -0.495 e. The van der Waals surface area contributed by atoms with Crippen LogP contribution < -0.4 is 10.1 Å². The Morgan fingerprint density at radius 3 is 2.58 bits per heavy atom. The highest BCUT2D eigenvalue weighted by Crippen LogP contribution is 2.23. The molecule has 0 aliphatic rings. The Hall–Kier alpha value is -2.89. The van der Waals surface area contributed by atoms with E-state index in [1.807, 2.05) is 0 Å². The zero-order chi connectivity index (χ0) is 17.7. The molecule has 6 heteroatoms. The molecule has 126 valence electrons. The van der Waals surface area contributed by atoms with Crippen LogP contribution in [0.1, 0.15) is 22.8 Å². The van der Waals surface area contributed by atoms with Crippen molar-refractivity contribution in [1.29, 1.82) is 0 Å². The Kier molecular flexibility index (Phi) is 5.52. The van der Waals surface area contributed by atoms with Gasteiger partial charge in [0.25, 0.3) is 5.91 Å². The second-order valence-corrected chi connectivity index (χ2v) is 5.20. The van der Waals surface area contributed by atoms with Crippen LogP contribution in [0.2, 0.25) is 0 Å². The number of esters is 1. The molecule has 0 bridgehead atoms. The molecule has 0 aliphatic carbocycles. The highest BCUT2D eigenvalue weighted by Gasteiger charge is 2.21. The number of hydrogen-bond acceptors (Lipinski definition) is 4. The van der Waals surface area contributed by atoms with Gasteiger partial charge >= 0.3 is 5.97 Å². The second-order valence-electron chi connectivity index (χ2n) is 5.20. The molecule has 1 N–H and O–H groups in total. The molecule has 1 unspecified atom stereocenters. The topological polar surface area (TPSA) is 64.6 Å². The second kappa shape index (κ2) is 7.59. The summed E-state index contributed by atoms with van der Waals surface area (Å²) in [7, 11) is 1.49. The number of rotatable bonds is 5. The van der Waals surface area contributed by atoms with Gasteiger partial charge in [0.1, 0.15) is 11.6 Å². The first-order valence-electron chi connectivity index (χ1n) is 7.33. The summed E-state index contributed by atoms with van der Waals surface area (Å²) in [5, 5.41) is 2.63. The van der Waals surface area contributed by atoms with Gasteiger partial charge in [-0.3, -0.25) is 4.79 Å². The van der Waals surface area contributed by atoms with Gasteiger partial charge in [-0.25, -0.2) is 9.18 Å². The lowest BCUT2D eigenvalue weighted by atomic mass is 10.1. The molecular weight excluding hydrogens is 313 g/mol. The molecule has 0 saturated carbocycles. The van der Waals surface area contributed by atoms with E-state index in [1.165, 1.54) is 26.2 Å². The Balaban J connectivity index is 2.06. The van der Waals surface area contributed by atoms with E-state index in [4.69, 9.17) is 9.47 Å². The predicted octanol–water partition coefficient (Wildman–Crippen LogP) is 3.33. The van der Waals surface area contributed by atoms with Crippen LogP contribution in [0.25, 0.3) is 0 Å². The lowest BCUT2D eigenvalue weighted by Crippen LogP contribution is -2.30. The molecule has 5 nitrogen and oxygen atoms in total. The maximum atomic E-state index is 13.3. The van der Waals surface area contributed by atoms with Gasteiger partial charge in [0, 0.05) is 0 Å². The van der Waals surface area contributed by atoms with Crippen LogP contribution in [0, 0.1) is 12.7 Å². The quantitative estimate of drug-likeness (QED) is 0.854. The van der Waals surface area contributed by atoms with E-state index in [0.29, 0.717) is 17.0 Å². The maximum absolute atomic E-state index is 13.3. The van der Waals surface area contributed by atoms with Crippen molar-refractivity contribution >= 4 is 17.6 Å². The summed E-state index contributed by atoms with van der Waals surface area (Å²) in [4.78, 5) is 24.3.